The van der Waals surface area contributed by atoms with Crippen molar-refractivity contribution in [3.8, 4) is 0 Å². The first kappa shape index (κ1) is 14.3. The molecule has 0 aromatic carbocycles. The summed E-state index contributed by atoms with van der Waals surface area (Å²) in [6.45, 7) is 9.89. The van der Waals surface area contributed by atoms with Gasteiger partial charge in [0.25, 0.3) is 0 Å². The first-order valence-electron chi connectivity index (χ1n) is 4.84. The smallest absolute Gasteiger partial charge is 0.303 e. The summed E-state index contributed by atoms with van der Waals surface area (Å²) in [4.78, 5) is 0. The van der Waals surface area contributed by atoms with Crippen LogP contribution in [0.1, 0.15) is 13.3 Å². The molecule has 0 saturated heterocycles. The predicted molar refractivity (Wildman–Crippen MR) is 61.9 cm³/mol. The van der Waals surface area contributed by atoms with Crippen molar-refractivity contribution in [2.45, 2.75) is 18.7 Å². The number of hydrogen-bond donors (Lipinski definition) is 1. The van der Waals surface area contributed by atoms with E-state index in [1.807, 2.05) is 0 Å². The quantitative estimate of drug-likeness (QED) is 0.412. The van der Waals surface area contributed by atoms with E-state index in [0.29, 0.717) is 19.5 Å². The van der Waals surface area contributed by atoms with Gasteiger partial charge in [0.15, 0.2) is 0 Å². The van der Waals surface area contributed by atoms with E-state index in [1.165, 1.54) is 0 Å². The average Bonchev–Trinajstić information content (AvgIpc) is 2.02. The van der Waals surface area contributed by atoms with Crippen LogP contribution in [0, 0.1) is 0 Å². The van der Waals surface area contributed by atoms with Gasteiger partial charge < -0.3 is 4.48 Å². The molecule has 0 aliphatic heterocycles. The maximum Gasteiger partial charge on any atom is 0.319 e. The van der Waals surface area contributed by atoms with Gasteiger partial charge in [-0.2, -0.15) is 8.42 Å². The average molecular weight is 234 g/mol. The van der Waals surface area contributed by atoms with Gasteiger partial charge in [-0.15, -0.1) is 0 Å². The van der Waals surface area contributed by atoms with Gasteiger partial charge in [-0.25, -0.2) is 0 Å². The molecule has 0 aromatic rings. The summed E-state index contributed by atoms with van der Waals surface area (Å²) in [5.74, 6) is 0. The third kappa shape index (κ3) is 3.77. The number of quaternary nitrogens is 1. The van der Waals surface area contributed by atoms with E-state index in [2.05, 4.69) is 13.2 Å². The zero-order chi connectivity index (χ0) is 12.1. The highest BCUT2D eigenvalue weighted by atomic mass is 32.2. The Morgan fingerprint density at radius 1 is 1.33 bits per heavy atom. The topological polar surface area (TPSA) is 54.4 Å². The summed E-state index contributed by atoms with van der Waals surface area (Å²) in [6, 6.07) is 0. The Morgan fingerprint density at radius 3 is 1.93 bits per heavy atom. The monoisotopic (exact) mass is 234 g/mol. The van der Waals surface area contributed by atoms with Gasteiger partial charge in [0, 0.05) is 6.42 Å². The van der Waals surface area contributed by atoms with Crippen molar-refractivity contribution < 1.29 is 17.5 Å². The molecule has 0 bridgehead atoms. The van der Waals surface area contributed by atoms with Gasteiger partial charge >= 0.3 is 10.1 Å². The van der Waals surface area contributed by atoms with Crippen molar-refractivity contribution in [1.29, 1.82) is 0 Å². The molecule has 1 atom stereocenters. The van der Waals surface area contributed by atoms with Crippen LogP contribution in [0.4, 0.5) is 0 Å². The highest BCUT2D eigenvalue weighted by Gasteiger charge is 2.38. The van der Waals surface area contributed by atoms with E-state index in [4.69, 9.17) is 4.55 Å². The lowest BCUT2D eigenvalue weighted by Crippen LogP contribution is -2.55. The number of nitrogens with zero attached hydrogens (tertiary/aromatic N) is 1. The molecule has 4 nitrogen and oxygen atoms in total. The summed E-state index contributed by atoms with van der Waals surface area (Å²) in [7, 11) is -2.27. The Balaban J connectivity index is 5.18. The first-order chi connectivity index (χ1) is 6.81. The van der Waals surface area contributed by atoms with Gasteiger partial charge in [-0.05, 0) is 12.2 Å². The van der Waals surface area contributed by atoms with Crippen LogP contribution in [0.3, 0.4) is 0 Å². The molecule has 5 heteroatoms. The number of hydrogen-bond acceptors (Lipinski definition) is 2. The molecule has 1 unspecified atom stereocenters. The summed E-state index contributed by atoms with van der Waals surface area (Å²) in [6.07, 6.45) is 3.66. The first-order valence-corrected chi connectivity index (χ1v) is 6.34. The molecular formula is C10H20NO3S+. The van der Waals surface area contributed by atoms with Crippen molar-refractivity contribution in [3.05, 3.63) is 25.3 Å². The molecule has 0 aromatic heterocycles. The molecule has 0 amide bonds. The van der Waals surface area contributed by atoms with Crippen LogP contribution < -0.4 is 0 Å². The number of rotatable bonds is 7. The van der Waals surface area contributed by atoms with Crippen molar-refractivity contribution in [1.82, 2.24) is 0 Å². The highest BCUT2D eigenvalue weighted by Crippen LogP contribution is 2.18. The number of likely N-dealkylation sites (N-methyl/N-ethyl adjacent to an activating group) is 1. The van der Waals surface area contributed by atoms with Crippen LogP contribution >= 0.6 is 0 Å². The summed E-state index contributed by atoms with van der Waals surface area (Å²) in [5, 5.41) is -0.825. The molecule has 1 N–H and O–H groups in total. The van der Waals surface area contributed by atoms with E-state index in [0.717, 1.165) is 0 Å². The van der Waals surface area contributed by atoms with Gasteiger partial charge in [-0.1, -0.05) is 20.1 Å². The fraction of sp³-hybridized carbons (Fsp3) is 0.600. The van der Waals surface area contributed by atoms with Crippen LogP contribution in [0.25, 0.3) is 0 Å². The maximum atomic E-state index is 11.2. The summed E-state index contributed by atoms with van der Waals surface area (Å²) >= 11 is 0. The van der Waals surface area contributed by atoms with Crippen LogP contribution in [-0.2, 0) is 10.1 Å². The van der Waals surface area contributed by atoms with Crippen molar-refractivity contribution in [2.24, 2.45) is 0 Å². The van der Waals surface area contributed by atoms with Crippen LogP contribution in [0.2, 0.25) is 0 Å². The molecule has 88 valence electrons. The summed E-state index contributed by atoms with van der Waals surface area (Å²) in [5.41, 5.74) is 0. The van der Waals surface area contributed by atoms with Gasteiger partial charge in [0.2, 0.25) is 5.37 Å². The summed E-state index contributed by atoms with van der Waals surface area (Å²) < 4.78 is 31.8. The molecular weight excluding hydrogens is 214 g/mol. The lowest BCUT2D eigenvalue weighted by Gasteiger charge is -2.37. The van der Waals surface area contributed by atoms with E-state index in [1.54, 1.807) is 26.1 Å². The maximum absolute atomic E-state index is 11.2. The Labute approximate surface area is 92.2 Å². The van der Waals surface area contributed by atoms with Crippen molar-refractivity contribution in [2.75, 3.05) is 20.1 Å². The molecule has 0 radical (unpaired) electrons. The molecule has 15 heavy (non-hydrogen) atoms. The van der Waals surface area contributed by atoms with Crippen molar-refractivity contribution >= 4 is 10.1 Å². The second-order valence-electron chi connectivity index (χ2n) is 3.80. The Bertz CT molecular complexity index is 312. The van der Waals surface area contributed by atoms with E-state index >= 15 is 0 Å². The highest BCUT2D eigenvalue weighted by molar-refractivity contribution is 7.86. The van der Waals surface area contributed by atoms with E-state index in [-0.39, 0.29) is 4.48 Å². The van der Waals surface area contributed by atoms with E-state index in [9.17, 15) is 8.42 Å². The molecule has 0 aliphatic rings. The van der Waals surface area contributed by atoms with Gasteiger partial charge in [0.1, 0.15) is 0 Å². The van der Waals surface area contributed by atoms with Gasteiger partial charge in [-0.3, -0.25) is 4.55 Å². The van der Waals surface area contributed by atoms with E-state index < -0.39 is 15.5 Å². The lowest BCUT2D eigenvalue weighted by atomic mass is 10.3. The second kappa shape index (κ2) is 5.44. The molecule has 0 fully saturated rings. The lowest BCUT2D eigenvalue weighted by molar-refractivity contribution is -0.909. The SMILES string of the molecule is C=CC[N+](C)(CC=C)C(CC)S(=O)(=O)O. The Kier molecular flexibility index (Phi) is 5.20. The molecule has 0 spiro atoms. The molecule has 0 rings (SSSR count). The zero-order valence-electron chi connectivity index (χ0n) is 9.39. The minimum absolute atomic E-state index is 0.183. The normalized spacial score (nSPS) is 14.6. The van der Waals surface area contributed by atoms with Crippen molar-refractivity contribution in [3.63, 3.8) is 0 Å². The Hall–Kier alpha value is -0.650. The fourth-order valence-electron chi connectivity index (χ4n) is 1.87. The zero-order valence-corrected chi connectivity index (χ0v) is 10.2. The van der Waals surface area contributed by atoms with Crippen LogP contribution in [0.5, 0.6) is 0 Å². The van der Waals surface area contributed by atoms with Gasteiger partial charge in [0.05, 0.1) is 20.1 Å². The second-order valence-corrected chi connectivity index (χ2v) is 5.37. The largest absolute Gasteiger partial charge is 0.319 e. The third-order valence-electron chi connectivity index (χ3n) is 2.48. The van der Waals surface area contributed by atoms with Crippen LogP contribution in [-0.4, -0.2) is 43.0 Å². The fourth-order valence-corrected chi connectivity index (χ4v) is 3.11. The Morgan fingerprint density at radius 2 is 1.73 bits per heavy atom. The molecule has 0 saturated carbocycles. The van der Waals surface area contributed by atoms with Crippen LogP contribution in [0.15, 0.2) is 25.3 Å². The predicted octanol–water partition coefficient (Wildman–Crippen LogP) is 1.43. The molecule has 0 heterocycles. The minimum atomic E-state index is -4.04. The standard InChI is InChI=1S/C10H19NO3S/c1-5-8-11(4,9-6-2)10(7-3)15(12,13)14/h5-6,10H,1-2,7-9H2,3-4H3/p+1. The minimum Gasteiger partial charge on any atom is -0.303 e. The third-order valence-corrected chi connectivity index (χ3v) is 4.01. The molecule has 0 aliphatic carbocycles.